The maximum absolute atomic E-state index is 13.0. The summed E-state index contributed by atoms with van der Waals surface area (Å²) in [5.74, 6) is -0.760. The normalized spacial score (nSPS) is 11.5. The summed E-state index contributed by atoms with van der Waals surface area (Å²) in [6.07, 6.45) is 0. The van der Waals surface area contributed by atoms with Gasteiger partial charge in [0.15, 0.2) is 0 Å². The van der Waals surface area contributed by atoms with Crippen LogP contribution in [0.2, 0.25) is 0 Å². The molecule has 3 rings (SSSR count). The zero-order valence-electron chi connectivity index (χ0n) is 17.6. The molecule has 2 amide bonds. The molecule has 2 N–H and O–H groups in total. The van der Waals surface area contributed by atoms with Gasteiger partial charge < -0.3 is 15.5 Å². The Balaban J connectivity index is 1.55. The Morgan fingerprint density at radius 3 is 2.19 bits per heavy atom. The van der Waals surface area contributed by atoms with Gasteiger partial charge in [0.25, 0.3) is 5.91 Å². The van der Waals surface area contributed by atoms with Crippen LogP contribution in [-0.2, 0) is 4.79 Å². The first kappa shape index (κ1) is 22.0. The van der Waals surface area contributed by atoms with Crippen LogP contribution in [0.25, 0.3) is 0 Å². The quantitative estimate of drug-likeness (QED) is 0.552. The number of halogens is 1. The van der Waals surface area contributed by atoms with Crippen LogP contribution in [0.5, 0.6) is 0 Å². The van der Waals surface area contributed by atoms with Gasteiger partial charge >= 0.3 is 0 Å². The summed E-state index contributed by atoms with van der Waals surface area (Å²) in [5.41, 5.74) is 2.94. The highest BCUT2D eigenvalue weighted by molar-refractivity contribution is 6.04. The molecule has 160 valence electrons. The van der Waals surface area contributed by atoms with E-state index in [0.29, 0.717) is 11.3 Å². The standard InChI is InChI=1S/C25H26FN3O2/c1-3-29(23-7-5-4-6-8-23)17-24(30)27-18(2)19-11-15-22(16-12-19)28-25(31)20-9-13-21(26)14-10-20/h4-16,18H,3,17H2,1-2H3,(H,27,30)(H,28,31). The predicted octanol–water partition coefficient (Wildman–Crippen LogP) is 4.78. The second kappa shape index (κ2) is 10.4. The average molecular weight is 420 g/mol. The van der Waals surface area contributed by atoms with Crippen LogP contribution in [-0.4, -0.2) is 24.9 Å². The minimum absolute atomic E-state index is 0.0631. The van der Waals surface area contributed by atoms with Crippen LogP contribution in [0.1, 0.15) is 35.8 Å². The number of likely N-dealkylation sites (N-methyl/N-ethyl adjacent to an activating group) is 1. The first-order chi connectivity index (χ1) is 15.0. The number of para-hydroxylation sites is 1. The van der Waals surface area contributed by atoms with Crippen molar-refractivity contribution in [2.75, 3.05) is 23.3 Å². The molecule has 0 aliphatic rings. The summed E-state index contributed by atoms with van der Waals surface area (Å²) < 4.78 is 13.0. The Morgan fingerprint density at radius 2 is 1.58 bits per heavy atom. The van der Waals surface area contributed by atoms with Gasteiger partial charge in [-0.3, -0.25) is 9.59 Å². The number of anilines is 2. The summed E-state index contributed by atoms with van der Waals surface area (Å²) in [6, 6.07) is 22.3. The fraction of sp³-hybridized carbons (Fsp3) is 0.200. The van der Waals surface area contributed by atoms with Crippen molar-refractivity contribution in [3.63, 3.8) is 0 Å². The second-order valence-electron chi connectivity index (χ2n) is 7.22. The van der Waals surface area contributed by atoms with Crippen molar-refractivity contribution in [1.29, 1.82) is 0 Å². The second-order valence-corrected chi connectivity index (χ2v) is 7.22. The number of carbonyl (C=O) groups is 2. The minimum atomic E-state index is -0.386. The molecule has 0 bridgehead atoms. The number of benzene rings is 3. The predicted molar refractivity (Wildman–Crippen MR) is 122 cm³/mol. The molecule has 0 saturated heterocycles. The van der Waals surface area contributed by atoms with Crippen molar-refractivity contribution in [3.8, 4) is 0 Å². The Bertz CT molecular complexity index is 1010. The molecule has 0 aliphatic heterocycles. The summed E-state index contributed by atoms with van der Waals surface area (Å²) in [5, 5.41) is 5.80. The molecule has 0 saturated carbocycles. The van der Waals surface area contributed by atoms with Gasteiger partial charge in [-0.15, -0.1) is 0 Å². The maximum Gasteiger partial charge on any atom is 0.255 e. The molecule has 0 radical (unpaired) electrons. The third-order valence-electron chi connectivity index (χ3n) is 4.99. The third-order valence-corrected chi connectivity index (χ3v) is 4.99. The van der Waals surface area contributed by atoms with Gasteiger partial charge in [-0.05, 0) is 67.9 Å². The fourth-order valence-corrected chi connectivity index (χ4v) is 3.23. The smallest absolute Gasteiger partial charge is 0.255 e. The zero-order valence-corrected chi connectivity index (χ0v) is 17.6. The van der Waals surface area contributed by atoms with Gasteiger partial charge in [0.05, 0.1) is 12.6 Å². The SMILES string of the molecule is CCN(CC(=O)NC(C)c1ccc(NC(=O)c2ccc(F)cc2)cc1)c1ccccc1. The number of nitrogens with one attached hydrogen (secondary N) is 2. The van der Waals surface area contributed by atoms with Gasteiger partial charge in [0.2, 0.25) is 5.91 Å². The summed E-state index contributed by atoms with van der Waals surface area (Å²) >= 11 is 0. The van der Waals surface area contributed by atoms with Crippen LogP contribution in [0.15, 0.2) is 78.9 Å². The van der Waals surface area contributed by atoms with E-state index in [1.54, 1.807) is 12.1 Å². The van der Waals surface area contributed by atoms with Crippen LogP contribution >= 0.6 is 0 Å². The largest absolute Gasteiger partial charge is 0.363 e. The highest BCUT2D eigenvalue weighted by atomic mass is 19.1. The Morgan fingerprint density at radius 1 is 0.935 bits per heavy atom. The molecule has 0 aliphatic carbocycles. The molecule has 3 aromatic rings. The topological polar surface area (TPSA) is 61.4 Å². The monoisotopic (exact) mass is 419 g/mol. The van der Waals surface area contributed by atoms with Crippen LogP contribution in [0, 0.1) is 5.82 Å². The molecular formula is C25H26FN3O2. The first-order valence-electron chi connectivity index (χ1n) is 10.2. The van der Waals surface area contributed by atoms with Crippen molar-refractivity contribution >= 4 is 23.2 Å². The molecule has 1 atom stereocenters. The van der Waals surface area contributed by atoms with Crippen LogP contribution in [0.3, 0.4) is 0 Å². The van der Waals surface area contributed by atoms with Gasteiger partial charge in [0, 0.05) is 23.5 Å². The van der Waals surface area contributed by atoms with E-state index in [-0.39, 0.29) is 30.2 Å². The lowest BCUT2D eigenvalue weighted by atomic mass is 10.1. The molecule has 0 aromatic heterocycles. The maximum atomic E-state index is 13.0. The molecule has 3 aromatic carbocycles. The lowest BCUT2D eigenvalue weighted by molar-refractivity contribution is -0.120. The van der Waals surface area contributed by atoms with Gasteiger partial charge in [-0.1, -0.05) is 30.3 Å². The van der Waals surface area contributed by atoms with Crippen LogP contribution < -0.4 is 15.5 Å². The van der Waals surface area contributed by atoms with E-state index in [4.69, 9.17) is 0 Å². The lowest BCUT2D eigenvalue weighted by Crippen LogP contribution is -2.38. The van der Waals surface area contributed by atoms with Crippen molar-refractivity contribution in [3.05, 3.63) is 95.8 Å². The van der Waals surface area contributed by atoms with E-state index < -0.39 is 0 Å². The number of hydrogen-bond acceptors (Lipinski definition) is 3. The summed E-state index contributed by atoms with van der Waals surface area (Å²) in [6.45, 7) is 4.94. The van der Waals surface area contributed by atoms with E-state index in [1.807, 2.05) is 61.2 Å². The van der Waals surface area contributed by atoms with E-state index in [9.17, 15) is 14.0 Å². The van der Waals surface area contributed by atoms with Crippen molar-refractivity contribution in [1.82, 2.24) is 5.32 Å². The highest BCUT2D eigenvalue weighted by Crippen LogP contribution is 2.18. The van der Waals surface area contributed by atoms with Gasteiger partial charge in [0.1, 0.15) is 5.82 Å². The zero-order chi connectivity index (χ0) is 22.2. The highest BCUT2D eigenvalue weighted by Gasteiger charge is 2.14. The first-order valence-corrected chi connectivity index (χ1v) is 10.2. The lowest BCUT2D eigenvalue weighted by Gasteiger charge is -2.24. The summed E-state index contributed by atoms with van der Waals surface area (Å²) in [4.78, 5) is 26.8. The number of rotatable bonds is 8. The number of hydrogen-bond donors (Lipinski definition) is 2. The Labute approximate surface area is 181 Å². The van der Waals surface area contributed by atoms with E-state index in [0.717, 1.165) is 17.8 Å². The molecule has 5 nitrogen and oxygen atoms in total. The van der Waals surface area contributed by atoms with Crippen LogP contribution in [0.4, 0.5) is 15.8 Å². The van der Waals surface area contributed by atoms with Crippen molar-refractivity contribution in [2.24, 2.45) is 0 Å². The molecule has 6 heteroatoms. The van der Waals surface area contributed by atoms with E-state index >= 15 is 0 Å². The molecule has 0 heterocycles. The van der Waals surface area contributed by atoms with Gasteiger partial charge in [-0.2, -0.15) is 0 Å². The third kappa shape index (κ3) is 6.15. The molecular weight excluding hydrogens is 393 g/mol. The number of carbonyl (C=O) groups excluding carboxylic acids is 2. The van der Waals surface area contributed by atoms with Gasteiger partial charge in [-0.25, -0.2) is 4.39 Å². The number of nitrogens with zero attached hydrogens (tertiary/aromatic N) is 1. The molecule has 0 spiro atoms. The fourth-order valence-electron chi connectivity index (χ4n) is 3.23. The van der Waals surface area contributed by atoms with E-state index in [2.05, 4.69) is 10.6 Å². The Hall–Kier alpha value is -3.67. The van der Waals surface area contributed by atoms with E-state index in [1.165, 1.54) is 24.3 Å². The molecule has 1 unspecified atom stereocenters. The molecule has 0 fully saturated rings. The molecule has 31 heavy (non-hydrogen) atoms. The van der Waals surface area contributed by atoms with Crippen molar-refractivity contribution < 1.29 is 14.0 Å². The number of amides is 2. The van der Waals surface area contributed by atoms with Crippen molar-refractivity contribution in [2.45, 2.75) is 19.9 Å². The minimum Gasteiger partial charge on any atom is -0.363 e. The Kier molecular flexibility index (Phi) is 7.38. The summed E-state index contributed by atoms with van der Waals surface area (Å²) in [7, 11) is 0. The average Bonchev–Trinajstić information content (AvgIpc) is 2.79.